The molecule has 1 aromatic carbocycles. The smallest absolute Gasteiger partial charge is 0.353 e. The van der Waals surface area contributed by atoms with Crippen LogP contribution < -0.4 is 14.7 Å². The summed E-state index contributed by atoms with van der Waals surface area (Å²) < 4.78 is 14.2. The molecule has 5 rings (SSSR count). The molecule has 0 N–H and O–H groups in total. The molecule has 0 spiro atoms. The van der Waals surface area contributed by atoms with Gasteiger partial charge in [-0.15, -0.1) is 0 Å². The molecule has 3 heterocycles. The Kier molecular flexibility index (Phi) is 6.75. The third kappa shape index (κ3) is 4.64. The standard InChI is InChI=1S/C24H32FN7O2/c25-20-8-4-5-9-21(20)29-12-16-31(17-13-29)24-22(32(33)34)23(26-18-27-24)30-14-10-28(11-15-30)19-6-2-1-3-7-19/h4-5,8-9,18-19H,1-3,6-7,10-17H2. The number of para-hydroxylation sites is 1. The van der Waals surface area contributed by atoms with Crippen LogP contribution in [0.15, 0.2) is 30.6 Å². The van der Waals surface area contributed by atoms with E-state index in [2.05, 4.69) is 14.9 Å². The molecule has 0 unspecified atom stereocenters. The van der Waals surface area contributed by atoms with Gasteiger partial charge in [-0.2, -0.15) is 0 Å². The topological polar surface area (TPSA) is 81.9 Å². The molecular weight excluding hydrogens is 437 g/mol. The molecule has 1 saturated carbocycles. The van der Waals surface area contributed by atoms with Crippen molar-refractivity contribution in [2.45, 2.75) is 38.1 Å². The van der Waals surface area contributed by atoms with E-state index in [1.54, 1.807) is 12.1 Å². The Morgan fingerprint density at radius 1 is 0.824 bits per heavy atom. The van der Waals surface area contributed by atoms with Crippen molar-refractivity contribution in [3.63, 3.8) is 0 Å². The van der Waals surface area contributed by atoms with E-state index in [4.69, 9.17) is 0 Å². The van der Waals surface area contributed by atoms with Gasteiger partial charge in [-0.1, -0.05) is 31.4 Å². The maximum absolute atomic E-state index is 14.2. The van der Waals surface area contributed by atoms with Gasteiger partial charge in [0.05, 0.1) is 10.6 Å². The highest BCUT2D eigenvalue weighted by atomic mass is 19.1. The fourth-order valence-corrected chi connectivity index (χ4v) is 5.60. The van der Waals surface area contributed by atoms with Crippen LogP contribution >= 0.6 is 0 Å². The fraction of sp³-hybridized carbons (Fsp3) is 0.583. The summed E-state index contributed by atoms with van der Waals surface area (Å²) in [7, 11) is 0. The third-order valence-corrected chi connectivity index (χ3v) is 7.44. The van der Waals surface area contributed by atoms with Crippen molar-refractivity contribution in [3.05, 3.63) is 46.5 Å². The quantitative estimate of drug-likeness (QED) is 0.487. The second kappa shape index (κ2) is 10.1. The maximum Gasteiger partial charge on any atom is 0.353 e. The van der Waals surface area contributed by atoms with Gasteiger partial charge in [0, 0.05) is 58.4 Å². The van der Waals surface area contributed by atoms with Gasteiger partial charge in [0.25, 0.3) is 0 Å². The minimum Gasteiger partial charge on any atom is -0.366 e. The van der Waals surface area contributed by atoms with Crippen LogP contribution in [0.3, 0.4) is 0 Å². The van der Waals surface area contributed by atoms with Crippen molar-refractivity contribution < 1.29 is 9.31 Å². The highest BCUT2D eigenvalue weighted by Crippen LogP contribution is 2.36. The number of nitro groups is 1. The number of benzene rings is 1. The Labute approximate surface area is 199 Å². The monoisotopic (exact) mass is 469 g/mol. The van der Waals surface area contributed by atoms with Crippen molar-refractivity contribution in [1.82, 2.24) is 14.9 Å². The van der Waals surface area contributed by atoms with Crippen molar-refractivity contribution in [2.24, 2.45) is 0 Å². The van der Waals surface area contributed by atoms with E-state index in [9.17, 15) is 14.5 Å². The lowest BCUT2D eigenvalue weighted by Crippen LogP contribution is -2.51. The van der Waals surface area contributed by atoms with Gasteiger partial charge >= 0.3 is 5.69 Å². The van der Waals surface area contributed by atoms with E-state index in [1.165, 1.54) is 44.5 Å². The Morgan fingerprint density at radius 3 is 1.97 bits per heavy atom. The minimum atomic E-state index is -0.346. The van der Waals surface area contributed by atoms with Crippen LogP contribution in [0.2, 0.25) is 0 Å². The summed E-state index contributed by atoms with van der Waals surface area (Å²) in [6.45, 7) is 5.46. The van der Waals surface area contributed by atoms with Gasteiger partial charge < -0.3 is 14.7 Å². The highest BCUT2D eigenvalue weighted by molar-refractivity contribution is 5.72. The van der Waals surface area contributed by atoms with Crippen LogP contribution in [0.4, 0.5) is 27.4 Å². The third-order valence-electron chi connectivity index (χ3n) is 7.44. The molecule has 182 valence electrons. The Hall–Kier alpha value is -3.01. The van der Waals surface area contributed by atoms with E-state index >= 15 is 0 Å². The predicted molar refractivity (Wildman–Crippen MR) is 130 cm³/mol. The molecule has 0 radical (unpaired) electrons. The van der Waals surface area contributed by atoms with Gasteiger partial charge in [-0.3, -0.25) is 15.0 Å². The lowest BCUT2D eigenvalue weighted by Gasteiger charge is -2.41. The Balaban J connectivity index is 1.29. The highest BCUT2D eigenvalue weighted by Gasteiger charge is 2.34. The second-order valence-corrected chi connectivity index (χ2v) is 9.37. The minimum absolute atomic E-state index is 0.0204. The van der Waals surface area contributed by atoms with Crippen LogP contribution in [0, 0.1) is 15.9 Å². The lowest BCUT2D eigenvalue weighted by molar-refractivity contribution is -0.383. The number of piperazine rings is 2. The van der Waals surface area contributed by atoms with E-state index in [0.29, 0.717) is 49.5 Å². The number of nitrogens with zero attached hydrogens (tertiary/aromatic N) is 7. The van der Waals surface area contributed by atoms with Crippen molar-refractivity contribution in [2.75, 3.05) is 67.1 Å². The molecule has 1 aliphatic carbocycles. The number of halogens is 1. The number of aromatic nitrogens is 2. The van der Waals surface area contributed by atoms with E-state index in [0.717, 1.165) is 26.2 Å². The SMILES string of the molecule is O=[N+]([O-])c1c(N2CCN(c3ccccc3F)CC2)ncnc1N1CCN(C2CCCCC2)CC1. The molecule has 0 atom stereocenters. The van der Waals surface area contributed by atoms with Crippen LogP contribution in [0.1, 0.15) is 32.1 Å². The molecular formula is C24H32FN7O2. The number of hydrogen-bond acceptors (Lipinski definition) is 8. The number of rotatable bonds is 5. The molecule has 2 saturated heterocycles. The average Bonchev–Trinajstić information content (AvgIpc) is 2.89. The van der Waals surface area contributed by atoms with Crippen LogP contribution in [-0.2, 0) is 0 Å². The zero-order chi connectivity index (χ0) is 23.5. The lowest BCUT2D eigenvalue weighted by atomic mass is 9.94. The molecule has 10 heteroatoms. The van der Waals surface area contributed by atoms with Crippen LogP contribution in [0.5, 0.6) is 0 Å². The summed E-state index contributed by atoms with van der Waals surface area (Å²) in [4.78, 5) is 29.0. The van der Waals surface area contributed by atoms with Crippen molar-refractivity contribution in [3.8, 4) is 0 Å². The number of anilines is 3. The van der Waals surface area contributed by atoms with E-state index < -0.39 is 0 Å². The van der Waals surface area contributed by atoms with Crippen molar-refractivity contribution in [1.29, 1.82) is 0 Å². The van der Waals surface area contributed by atoms with Gasteiger partial charge in [-0.05, 0) is 25.0 Å². The summed E-state index contributed by atoms with van der Waals surface area (Å²) in [5.74, 6) is 0.520. The zero-order valence-electron chi connectivity index (χ0n) is 19.5. The normalized spacial score (nSPS) is 20.6. The Morgan fingerprint density at radius 2 is 1.38 bits per heavy atom. The summed E-state index contributed by atoms with van der Waals surface area (Å²) >= 11 is 0. The maximum atomic E-state index is 14.2. The zero-order valence-corrected chi connectivity index (χ0v) is 19.5. The second-order valence-electron chi connectivity index (χ2n) is 9.37. The average molecular weight is 470 g/mol. The summed E-state index contributed by atoms with van der Waals surface area (Å²) in [5.41, 5.74) is 0.545. The summed E-state index contributed by atoms with van der Waals surface area (Å²) in [6.07, 6.45) is 7.90. The molecule has 3 fully saturated rings. The number of hydrogen-bond donors (Lipinski definition) is 0. The van der Waals surface area contributed by atoms with Crippen LogP contribution in [0.25, 0.3) is 0 Å². The molecule has 9 nitrogen and oxygen atoms in total. The predicted octanol–water partition coefficient (Wildman–Crippen LogP) is 3.31. The molecule has 2 aliphatic heterocycles. The summed E-state index contributed by atoms with van der Waals surface area (Å²) in [6, 6.07) is 7.37. The molecule has 1 aromatic heterocycles. The van der Waals surface area contributed by atoms with E-state index in [1.807, 2.05) is 20.8 Å². The van der Waals surface area contributed by atoms with Crippen LogP contribution in [-0.4, -0.2) is 78.2 Å². The fourth-order valence-electron chi connectivity index (χ4n) is 5.60. The molecule has 34 heavy (non-hydrogen) atoms. The first-order chi connectivity index (χ1) is 16.6. The molecule has 0 amide bonds. The first-order valence-corrected chi connectivity index (χ1v) is 12.3. The van der Waals surface area contributed by atoms with Gasteiger partial charge in [-0.25, -0.2) is 14.4 Å². The molecule has 0 bridgehead atoms. The largest absolute Gasteiger partial charge is 0.366 e. The Bertz CT molecular complexity index is 1000. The van der Waals surface area contributed by atoms with E-state index in [-0.39, 0.29) is 16.4 Å². The van der Waals surface area contributed by atoms with Gasteiger partial charge in [0.15, 0.2) is 0 Å². The van der Waals surface area contributed by atoms with Crippen molar-refractivity contribution >= 4 is 23.0 Å². The molecule has 3 aliphatic rings. The van der Waals surface area contributed by atoms with Gasteiger partial charge in [0.1, 0.15) is 12.1 Å². The summed E-state index contributed by atoms with van der Waals surface area (Å²) in [5, 5.41) is 12.2. The first kappa shape index (κ1) is 22.8. The molecule has 2 aromatic rings. The first-order valence-electron chi connectivity index (χ1n) is 12.3. The van der Waals surface area contributed by atoms with Gasteiger partial charge in [0.2, 0.25) is 11.6 Å².